The molecule has 0 aliphatic carbocycles. The van der Waals surface area contributed by atoms with Gasteiger partial charge in [0.25, 0.3) is 0 Å². The van der Waals surface area contributed by atoms with Gasteiger partial charge in [-0.3, -0.25) is 9.69 Å². The molecule has 1 aromatic rings. The molecule has 0 N–H and O–H groups in total. The predicted octanol–water partition coefficient (Wildman–Crippen LogP) is 5.36. The van der Waals surface area contributed by atoms with Gasteiger partial charge in [0.15, 0.2) is 11.5 Å². The number of likely N-dealkylation sites (tertiary alicyclic amines) is 1. The maximum atomic E-state index is 14.9. The van der Waals surface area contributed by atoms with Crippen LogP contribution in [0.5, 0.6) is 11.5 Å². The van der Waals surface area contributed by atoms with Gasteiger partial charge in [0.2, 0.25) is 0 Å². The Morgan fingerprint density at radius 1 is 1.30 bits per heavy atom. The van der Waals surface area contributed by atoms with Crippen molar-refractivity contribution in [1.82, 2.24) is 4.90 Å². The molecule has 2 atom stereocenters. The summed E-state index contributed by atoms with van der Waals surface area (Å²) in [5.74, 6) is 1.73. The number of fused-ring (bicyclic) bond motifs is 1. The summed E-state index contributed by atoms with van der Waals surface area (Å²) in [4.78, 5) is 13.9. The van der Waals surface area contributed by atoms with Gasteiger partial charge < -0.3 is 9.47 Å². The zero-order chi connectivity index (χ0) is 21.5. The molecule has 2 aliphatic rings. The van der Waals surface area contributed by atoms with E-state index >= 15 is 0 Å². The normalized spacial score (nSPS) is 22.2. The fourth-order valence-electron chi connectivity index (χ4n) is 4.36. The van der Waals surface area contributed by atoms with Crippen LogP contribution in [0.25, 0.3) is 0 Å². The summed E-state index contributed by atoms with van der Waals surface area (Å²) in [6.45, 7) is 9.59. The molecule has 1 aromatic carbocycles. The highest BCUT2D eigenvalue weighted by Crippen LogP contribution is 2.39. The molecular formula is C25H32FNO3. The van der Waals surface area contributed by atoms with E-state index in [0.29, 0.717) is 26.2 Å². The minimum atomic E-state index is -0.141. The Morgan fingerprint density at radius 3 is 2.77 bits per heavy atom. The number of hydrogen-bond acceptors (Lipinski definition) is 4. The number of carbonyl (C=O) groups excluding carboxylic acids is 1. The van der Waals surface area contributed by atoms with Crippen molar-refractivity contribution in [3.63, 3.8) is 0 Å². The number of ether oxygens (including phenoxy) is 2. The SMILES string of the molecule is C=C/C=C(\C=C(\F)C[C@H]1C[C@@H](c2ccc3c(c2)OCCO3)CN1CC(C)=O)CCC. The Labute approximate surface area is 179 Å². The second-order valence-corrected chi connectivity index (χ2v) is 8.14. The van der Waals surface area contributed by atoms with Crippen molar-refractivity contribution in [1.29, 1.82) is 0 Å². The Hall–Kier alpha value is -2.40. The molecule has 0 bridgehead atoms. The lowest BCUT2D eigenvalue weighted by molar-refractivity contribution is -0.118. The molecule has 0 spiro atoms. The molecule has 0 amide bonds. The maximum Gasteiger partial charge on any atom is 0.161 e. The fraction of sp³-hybridized carbons (Fsp3) is 0.480. The molecule has 2 heterocycles. The van der Waals surface area contributed by atoms with E-state index in [4.69, 9.17) is 9.47 Å². The van der Waals surface area contributed by atoms with Crippen LogP contribution in [0.2, 0.25) is 0 Å². The number of Topliss-reactive ketones (excluding diaryl/α,β-unsaturated/α-hetero) is 1. The van der Waals surface area contributed by atoms with Crippen LogP contribution in [0.15, 0.2) is 54.4 Å². The quantitative estimate of drug-likeness (QED) is 0.511. The number of ketones is 1. The van der Waals surface area contributed by atoms with Gasteiger partial charge in [0, 0.05) is 19.0 Å². The van der Waals surface area contributed by atoms with Crippen molar-refractivity contribution < 1.29 is 18.7 Å². The summed E-state index contributed by atoms with van der Waals surface area (Å²) in [5, 5.41) is 0. The monoisotopic (exact) mass is 413 g/mol. The Balaban J connectivity index is 1.75. The van der Waals surface area contributed by atoms with Gasteiger partial charge in [-0.2, -0.15) is 0 Å². The number of rotatable bonds is 9. The summed E-state index contributed by atoms with van der Waals surface area (Å²) >= 11 is 0. The fourth-order valence-corrected chi connectivity index (χ4v) is 4.36. The van der Waals surface area contributed by atoms with Crippen molar-refractivity contribution in [2.75, 3.05) is 26.3 Å². The molecule has 162 valence electrons. The van der Waals surface area contributed by atoms with E-state index in [-0.39, 0.29) is 23.6 Å². The van der Waals surface area contributed by atoms with E-state index in [0.717, 1.165) is 48.4 Å². The van der Waals surface area contributed by atoms with Crippen molar-refractivity contribution >= 4 is 5.78 Å². The number of benzene rings is 1. The van der Waals surface area contributed by atoms with E-state index in [1.54, 1.807) is 19.1 Å². The standard InChI is InChI=1S/C25H32FNO3/c1-4-6-19(7-5-2)12-22(26)15-23-13-21(17-27(23)16-18(3)28)20-8-9-24-25(14-20)30-11-10-29-24/h4,6,8-9,12,14,21,23H,1,5,7,10-11,13,15-17H2,2-3H3/b19-6-,22-12+/t21-,23-/m1/s1. The second kappa shape index (κ2) is 10.6. The van der Waals surface area contributed by atoms with E-state index in [2.05, 4.69) is 24.5 Å². The van der Waals surface area contributed by atoms with Crippen LogP contribution >= 0.6 is 0 Å². The minimum Gasteiger partial charge on any atom is -0.486 e. The van der Waals surface area contributed by atoms with Gasteiger partial charge in [-0.1, -0.05) is 38.1 Å². The van der Waals surface area contributed by atoms with Gasteiger partial charge in [-0.25, -0.2) is 4.39 Å². The molecule has 4 nitrogen and oxygen atoms in total. The van der Waals surface area contributed by atoms with E-state index in [1.807, 2.05) is 18.2 Å². The first-order valence-corrected chi connectivity index (χ1v) is 10.8. The molecule has 0 saturated carbocycles. The van der Waals surface area contributed by atoms with Gasteiger partial charge in [0.05, 0.1) is 6.54 Å². The summed E-state index contributed by atoms with van der Waals surface area (Å²) < 4.78 is 26.2. The number of nitrogens with zero attached hydrogens (tertiary/aromatic N) is 1. The number of carbonyl (C=O) groups is 1. The van der Waals surface area contributed by atoms with Crippen LogP contribution < -0.4 is 9.47 Å². The van der Waals surface area contributed by atoms with Crippen molar-refractivity contribution in [3.05, 3.63) is 60.0 Å². The molecule has 2 aliphatic heterocycles. The summed E-state index contributed by atoms with van der Waals surface area (Å²) in [6.07, 6.45) is 8.09. The zero-order valence-electron chi connectivity index (χ0n) is 18.0. The third kappa shape index (κ3) is 5.82. The highest BCUT2D eigenvalue weighted by Gasteiger charge is 2.34. The maximum absolute atomic E-state index is 14.9. The molecule has 5 heteroatoms. The van der Waals surface area contributed by atoms with Gasteiger partial charge >= 0.3 is 0 Å². The Morgan fingerprint density at radius 2 is 2.07 bits per heavy atom. The zero-order valence-corrected chi connectivity index (χ0v) is 18.0. The first-order chi connectivity index (χ1) is 14.5. The van der Waals surface area contributed by atoms with Crippen LogP contribution in [0.1, 0.15) is 51.0 Å². The van der Waals surface area contributed by atoms with Crippen LogP contribution in [-0.4, -0.2) is 43.0 Å². The Kier molecular flexibility index (Phi) is 7.86. The van der Waals surface area contributed by atoms with Crippen LogP contribution in [0, 0.1) is 0 Å². The predicted molar refractivity (Wildman–Crippen MR) is 118 cm³/mol. The minimum absolute atomic E-state index is 0.00467. The van der Waals surface area contributed by atoms with Gasteiger partial charge in [0.1, 0.15) is 24.8 Å². The van der Waals surface area contributed by atoms with Gasteiger partial charge in [-0.15, -0.1) is 0 Å². The first kappa shape index (κ1) is 22.3. The van der Waals surface area contributed by atoms with E-state index in [1.165, 1.54) is 0 Å². The molecule has 30 heavy (non-hydrogen) atoms. The average Bonchev–Trinajstić information content (AvgIpc) is 3.09. The molecule has 0 unspecified atom stereocenters. The average molecular weight is 414 g/mol. The van der Waals surface area contributed by atoms with Crippen LogP contribution in [-0.2, 0) is 4.79 Å². The first-order valence-electron chi connectivity index (χ1n) is 10.8. The highest BCUT2D eigenvalue weighted by molar-refractivity contribution is 5.77. The summed E-state index contributed by atoms with van der Waals surface area (Å²) in [7, 11) is 0. The van der Waals surface area contributed by atoms with E-state index < -0.39 is 0 Å². The van der Waals surface area contributed by atoms with Crippen LogP contribution in [0.4, 0.5) is 4.39 Å². The van der Waals surface area contributed by atoms with Gasteiger partial charge in [-0.05, 0) is 55.0 Å². The van der Waals surface area contributed by atoms with Crippen molar-refractivity contribution in [3.8, 4) is 11.5 Å². The lowest BCUT2D eigenvalue weighted by Crippen LogP contribution is -2.33. The molecular weight excluding hydrogens is 381 g/mol. The smallest absolute Gasteiger partial charge is 0.161 e. The molecule has 0 aromatic heterocycles. The van der Waals surface area contributed by atoms with Crippen molar-refractivity contribution in [2.45, 2.75) is 51.5 Å². The largest absolute Gasteiger partial charge is 0.486 e. The topological polar surface area (TPSA) is 38.8 Å². The molecule has 1 fully saturated rings. The highest BCUT2D eigenvalue weighted by atomic mass is 19.1. The second-order valence-electron chi connectivity index (χ2n) is 8.14. The third-order valence-corrected chi connectivity index (χ3v) is 5.63. The molecule has 3 rings (SSSR count). The number of hydrogen-bond donors (Lipinski definition) is 0. The molecule has 0 radical (unpaired) electrons. The lowest BCUT2D eigenvalue weighted by atomic mass is 9.94. The van der Waals surface area contributed by atoms with Crippen LogP contribution in [0.3, 0.4) is 0 Å². The van der Waals surface area contributed by atoms with E-state index in [9.17, 15) is 9.18 Å². The van der Waals surface area contributed by atoms with Crippen molar-refractivity contribution in [2.24, 2.45) is 0 Å². The Bertz CT molecular complexity index is 830. The molecule has 1 saturated heterocycles. The number of allylic oxidation sites excluding steroid dienone is 4. The third-order valence-electron chi connectivity index (χ3n) is 5.63. The summed E-state index contributed by atoms with van der Waals surface area (Å²) in [6, 6.07) is 6.04. The lowest BCUT2D eigenvalue weighted by Gasteiger charge is -2.22. The number of halogens is 1. The summed E-state index contributed by atoms with van der Waals surface area (Å²) in [5.41, 5.74) is 2.10.